The first-order valence-electron chi connectivity index (χ1n) is 4.31. The standard InChI is InChI=1S/C11H7BrClNO/c12-9-4-3-7(13)6-8(9)11(15)10-2-1-5-14-10/h1-6,14H. The van der Waals surface area contributed by atoms with Crippen molar-refractivity contribution in [2.75, 3.05) is 0 Å². The third kappa shape index (κ3) is 2.13. The van der Waals surface area contributed by atoms with Gasteiger partial charge in [-0.15, -0.1) is 0 Å². The molecule has 2 nitrogen and oxygen atoms in total. The zero-order valence-corrected chi connectivity index (χ0v) is 9.97. The molecule has 0 spiro atoms. The van der Waals surface area contributed by atoms with Crippen LogP contribution in [0.5, 0.6) is 0 Å². The summed E-state index contributed by atoms with van der Waals surface area (Å²) >= 11 is 9.16. The van der Waals surface area contributed by atoms with Crippen LogP contribution in [0.2, 0.25) is 5.02 Å². The molecule has 4 heteroatoms. The van der Waals surface area contributed by atoms with Crippen molar-refractivity contribution < 1.29 is 4.79 Å². The van der Waals surface area contributed by atoms with E-state index in [1.165, 1.54) is 0 Å². The second-order valence-electron chi connectivity index (χ2n) is 3.04. The Morgan fingerprint density at radius 3 is 2.80 bits per heavy atom. The first kappa shape index (κ1) is 10.5. The Kier molecular flexibility index (Phi) is 2.93. The van der Waals surface area contributed by atoms with E-state index >= 15 is 0 Å². The Balaban J connectivity index is 2.46. The van der Waals surface area contributed by atoms with Crippen LogP contribution in [0, 0.1) is 0 Å². The van der Waals surface area contributed by atoms with E-state index in [9.17, 15) is 4.79 Å². The minimum absolute atomic E-state index is 0.0747. The third-order valence-electron chi connectivity index (χ3n) is 2.02. The molecule has 0 aliphatic carbocycles. The van der Waals surface area contributed by atoms with Crippen molar-refractivity contribution in [3.8, 4) is 0 Å². The summed E-state index contributed by atoms with van der Waals surface area (Å²) in [4.78, 5) is 14.8. The van der Waals surface area contributed by atoms with Gasteiger partial charge in [-0.25, -0.2) is 0 Å². The number of carbonyl (C=O) groups is 1. The van der Waals surface area contributed by atoms with E-state index in [-0.39, 0.29) is 5.78 Å². The van der Waals surface area contributed by atoms with Gasteiger partial charge in [0.1, 0.15) is 0 Å². The van der Waals surface area contributed by atoms with E-state index in [0.717, 1.165) is 4.47 Å². The maximum absolute atomic E-state index is 12.0. The normalized spacial score (nSPS) is 10.3. The molecule has 1 aromatic carbocycles. The smallest absolute Gasteiger partial charge is 0.210 e. The van der Waals surface area contributed by atoms with Crippen molar-refractivity contribution in [2.24, 2.45) is 0 Å². The molecule has 1 aromatic heterocycles. The lowest BCUT2D eigenvalue weighted by Crippen LogP contribution is -2.02. The van der Waals surface area contributed by atoms with Crippen LogP contribution >= 0.6 is 27.5 Å². The molecule has 0 aliphatic rings. The summed E-state index contributed by atoms with van der Waals surface area (Å²) in [5, 5.41) is 0.549. The van der Waals surface area contributed by atoms with Gasteiger partial charge in [-0.2, -0.15) is 0 Å². The van der Waals surface area contributed by atoms with E-state index in [0.29, 0.717) is 16.3 Å². The molecule has 0 bridgehead atoms. The first-order valence-corrected chi connectivity index (χ1v) is 5.49. The molecule has 2 aromatic rings. The van der Waals surface area contributed by atoms with E-state index < -0.39 is 0 Å². The Labute approximate surface area is 100 Å². The van der Waals surface area contributed by atoms with Crippen LogP contribution in [0.25, 0.3) is 0 Å². The first-order chi connectivity index (χ1) is 7.18. The van der Waals surface area contributed by atoms with Gasteiger partial charge in [-0.3, -0.25) is 4.79 Å². The number of rotatable bonds is 2. The van der Waals surface area contributed by atoms with Crippen molar-refractivity contribution in [3.05, 3.63) is 57.3 Å². The van der Waals surface area contributed by atoms with Crippen LogP contribution < -0.4 is 0 Å². The molecular formula is C11H7BrClNO. The molecule has 0 atom stereocenters. The Morgan fingerprint density at radius 2 is 2.13 bits per heavy atom. The monoisotopic (exact) mass is 283 g/mol. The second-order valence-corrected chi connectivity index (χ2v) is 4.33. The molecule has 2 rings (SSSR count). The molecule has 0 unspecified atom stereocenters. The molecule has 0 saturated heterocycles. The number of nitrogens with one attached hydrogen (secondary N) is 1. The van der Waals surface area contributed by atoms with Crippen molar-refractivity contribution in [1.29, 1.82) is 0 Å². The van der Waals surface area contributed by atoms with Gasteiger partial charge >= 0.3 is 0 Å². The highest BCUT2D eigenvalue weighted by Crippen LogP contribution is 2.23. The number of halogens is 2. The maximum Gasteiger partial charge on any atom is 0.210 e. The number of aromatic amines is 1. The molecule has 0 aliphatic heterocycles. The number of ketones is 1. The van der Waals surface area contributed by atoms with Crippen LogP contribution in [0.3, 0.4) is 0 Å². The fourth-order valence-electron chi connectivity index (χ4n) is 1.29. The van der Waals surface area contributed by atoms with Crippen molar-refractivity contribution >= 4 is 33.3 Å². The van der Waals surface area contributed by atoms with Crippen molar-refractivity contribution in [3.63, 3.8) is 0 Å². The summed E-state index contributed by atoms with van der Waals surface area (Å²) in [7, 11) is 0. The summed E-state index contributed by atoms with van der Waals surface area (Å²) in [5.41, 5.74) is 1.11. The van der Waals surface area contributed by atoms with E-state index in [1.54, 1.807) is 36.5 Å². The lowest BCUT2D eigenvalue weighted by molar-refractivity contribution is 0.103. The fourth-order valence-corrected chi connectivity index (χ4v) is 1.89. The molecule has 1 N–H and O–H groups in total. The molecule has 76 valence electrons. The fraction of sp³-hybridized carbons (Fsp3) is 0. The molecule has 0 saturated carbocycles. The average molecular weight is 285 g/mol. The minimum Gasteiger partial charge on any atom is -0.359 e. The number of hydrogen-bond donors (Lipinski definition) is 1. The van der Waals surface area contributed by atoms with Crippen LogP contribution in [0.15, 0.2) is 41.0 Å². The number of benzene rings is 1. The van der Waals surface area contributed by atoms with Crippen molar-refractivity contribution in [2.45, 2.75) is 0 Å². The lowest BCUT2D eigenvalue weighted by atomic mass is 10.1. The highest BCUT2D eigenvalue weighted by molar-refractivity contribution is 9.10. The van der Waals surface area contributed by atoms with Gasteiger partial charge in [-0.05, 0) is 30.3 Å². The summed E-state index contributed by atoms with van der Waals surface area (Å²) in [6, 6.07) is 8.66. The number of H-pyrrole nitrogens is 1. The summed E-state index contributed by atoms with van der Waals surface area (Å²) in [6.45, 7) is 0. The molecule has 15 heavy (non-hydrogen) atoms. The second kappa shape index (κ2) is 4.21. The SMILES string of the molecule is O=C(c1ccc[nH]1)c1cc(Cl)ccc1Br. The van der Waals surface area contributed by atoms with Gasteiger partial charge in [0.05, 0.1) is 5.69 Å². The van der Waals surface area contributed by atoms with Crippen LogP contribution in [-0.4, -0.2) is 10.8 Å². The number of hydrogen-bond acceptors (Lipinski definition) is 1. The predicted molar refractivity (Wildman–Crippen MR) is 63.4 cm³/mol. The Bertz CT molecular complexity index is 493. The van der Waals surface area contributed by atoms with Gasteiger partial charge in [0, 0.05) is 21.3 Å². The molecule has 1 heterocycles. The van der Waals surface area contributed by atoms with Gasteiger partial charge < -0.3 is 4.98 Å². The Morgan fingerprint density at radius 1 is 1.33 bits per heavy atom. The molecule has 0 fully saturated rings. The molecule has 0 amide bonds. The zero-order valence-electron chi connectivity index (χ0n) is 7.63. The van der Waals surface area contributed by atoms with Gasteiger partial charge in [0.2, 0.25) is 5.78 Å². The predicted octanol–water partition coefficient (Wildman–Crippen LogP) is 3.66. The van der Waals surface area contributed by atoms with Gasteiger partial charge in [0.15, 0.2) is 0 Å². The zero-order chi connectivity index (χ0) is 10.8. The topological polar surface area (TPSA) is 32.9 Å². The van der Waals surface area contributed by atoms with Crippen LogP contribution in [0.4, 0.5) is 0 Å². The van der Waals surface area contributed by atoms with Gasteiger partial charge in [0.25, 0.3) is 0 Å². The highest BCUT2D eigenvalue weighted by atomic mass is 79.9. The average Bonchev–Trinajstić information content (AvgIpc) is 2.74. The largest absolute Gasteiger partial charge is 0.359 e. The van der Waals surface area contributed by atoms with E-state index in [1.807, 2.05) is 0 Å². The summed E-state index contributed by atoms with van der Waals surface area (Å²) in [5.74, 6) is -0.0747. The van der Waals surface area contributed by atoms with Crippen LogP contribution in [0.1, 0.15) is 16.1 Å². The minimum atomic E-state index is -0.0747. The maximum atomic E-state index is 12.0. The highest BCUT2D eigenvalue weighted by Gasteiger charge is 2.13. The number of aromatic nitrogens is 1. The molecular weight excluding hydrogens is 277 g/mol. The van der Waals surface area contributed by atoms with E-state index in [4.69, 9.17) is 11.6 Å². The quantitative estimate of drug-likeness (QED) is 0.839. The molecule has 0 radical (unpaired) electrons. The van der Waals surface area contributed by atoms with E-state index in [2.05, 4.69) is 20.9 Å². The van der Waals surface area contributed by atoms with Crippen LogP contribution in [-0.2, 0) is 0 Å². The third-order valence-corrected chi connectivity index (χ3v) is 2.94. The summed E-state index contributed by atoms with van der Waals surface area (Å²) in [6.07, 6.45) is 1.71. The number of carbonyl (C=O) groups excluding carboxylic acids is 1. The Hall–Kier alpha value is -1.06. The van der Waals surface area contributed by atoms with Crippen molar-refractivity contribution in [1.82, 2.24) is 4.98 Å². The lowest BCUT2D eigenvalue weighted by Gasteiger charge is -2.02. The van der Waals surface area contributed by atoms with Gasteiger partial charge in [-0.1, -0.05) is 27.5 Å². The summed E-state index contributed by atoms with van der Waals surface area (Å²) < 4.78 is 0.742.